The summed E-state index contributed by atoms with van der Waals surface area (Å²) in [6.07, 6.45) is 5.47. The van der Waals surface area contributed by atoms with Crippen molar-refractivity contribution in [2.75, 3.05) is 0 Å². The number of hydrogen-bond donors (Lipinski definition) is 1. The lowest BCUT2D eigenvalue weighted by Gasteiger charge is -2.40. The lowest BCUT2D eigenvalue weighted by molar-refractivity contribution is -0.117. The molecule has 1 aromatic carbocycles. The highest BCUT2D eigenvalue weighted by atomic mass is 16.3. The number of ketones is 2. The number of carbonyl (C=O) groups excluding carboxylic acids is 2. The first kappa shape index (κ1) is 20.0. The Morgan fingerprint density at radius 2 is 1.33 bits per heavy atom. The number of rotatable bonds is 3. The van der Waals surface area contributed by atoms with Crippen molar-refractivity contribution >= 4 is 11.6 Å². The molecule has 3 aromatic rings. The summed E-state index contributed by atoms with van der Waals surface area (Å²) >= 11 is 0. The number of aryl methyl sites for hydroxylation is 1. The van der Waals surface area contributed by atoms with Crippen LogP contribution in [-0.2, 0) is 9.59 Å². The Bertz CT molecular complexity index is 1220. The molecule has 0 bridgehead atoms. The van der Waals surface area contributed by atoms with Crippen LogP contribution in [0.3, 0.4) is 0 Å². The molecule has 0 saturated carbocycles. The van der Waals surface area contributed by atoms with Gasteiger partial charge in [0, 0.05) is 53.1 Å². The van der Waals surface area contributed by atoms with E-state index in [0.29, 0.717) is 25.7 Å². The van der Waals surface area contributed by atoms with Crippen molar-refractivity contribution in [3.05, 3.63) is 106 Å². The molecule has 5 nitrogen and oxygen atoms in total. The van der Waals surface area contributed by atoms with E-state index in [-0.39, 0.29) is 29.3 Å². The molecule has 3 aliphatic rings. The van der Waals surface area contributed by atoms with Gasteiger partial charge in [-0.05, 0) is 49.6 Å². The fourth-order valence-corrected chi connectivity index (χ4v) is 5.73. The molecule has 0 radical (unpaired) electrons. The molecule has 0 unspecified atom stereocenters. The van der Waals surface area contributed by atoms with Crippen molar-refractivity contribution in [1.82, 2.24) is 5.32 Å². The minimum atomic E-state index is -0.328. The molecule has 0 saturated heterocycles. The molecule has 3 heterocycles. The summed E-state index contributed by atoms with van der Waals surface area (Å²) in [4.78, 5) is 27.1. The van der Waals surface area contributed by atoms with Gasteiger partial charge in [-0.15, -0.1) is 0 Å². The number of Topliss-reactive ketones (excluding diaryl/α,β-unsaturated/α-hetero) is 2. The van der Waals surface area contributed by atoms with Crippen LogP contribution in [0.15, 0.2) is 92.4 Å². The van der Waals surface area contributed by atoms with Gasteiger partial charge in [0.05, 0.1) is 12.5 Å². The Hall–Kier alpha value is -3.60. The van der Waals surface area contributed by atoms with Crippen molar-refractivity contribution in [2.24, 2.45) is 0 Å². The molecule has 1 aliphatic heterocycles. The van der Waals surface area contributed by atoms with E-state index in [0.717, 1.165) is 45.2 Å². The third-order valence-electron chi connectivity index (χ3n) is 7.16. The zero-order chi connectivity index (χ0) is 22.5. The van der Waals surface area contributed by atoms with Crippen LogP contribution < -0.4 is 5.32 Å². The van der Waals surface area contributed by atoms with Crippen molar-refractivity contribution in [1.29, 1.82) is 0 Å². The van der Waals surface area contributed by atoms with Gasteiger partial charge < -0.3 is 14.2 Å². The summed E-state index contributed by atoms with van der Waals surface area (Å²) < 4.78 is 11.3. The Morgan fingerprint density at radius 3 is 1.82 bits per heavy atom. The maximum Gasteiger partial charge on any atom is 0.162 e. The summed E-state index contributed by atoms with van der Waals surface area (Å²) in [6, 6.07) is 15.8. The molecule has 2 aromatic heterocycles. The fraction of sp³-hybridized carbons (Fsp3) is 0.286. The molecule has 0 amide bonds. The summed E-state index contributed by atoms with van der Waals surface area (Å²) in [5.41, 5.74) is 5.45. The van der Waals surface area contributed by atoms with E-state index in [1.807, 2.05) is 49.4 Å². The number of dihydropyridines is 1. The standard InChI is InChI=1S/C28H25NO4/c1-16-5-2-6-17(11-16)26-27-20(12-18(14-22(27)30)24-7-3-9-32-24)29-21-13-19(15-23(31)28(21)26)25-8-4-10-33-25/h2-11,18-19,26,29H,12-15H2,1H3/t18-,19-/m0/s1. The molecule has 33 heavy (non-hydrogen) atoms. The quantitative estimate of drug-likeness (QED) is 0.569. The largest absolute Gasteiger partial charge is 0.469 e. The van der Waals surface area contributed by atoms with Gasteiger partial charge in [-0.25, -0.2) is 0 Å². The lowest BCUT2D eigenvalue weighted by Crippen LogP contribution is -2.38. The van der Waals surface area contributed by atoms with Gasteiger partial charge in [0.1, 0.15) is 11.5 Å². The van der Waals surface area contributed by atoms with Crippen LogP contribution in [0.5, 0.6) is 0 Å². The highest BCUT2D eigenvalue weighted by Gasteiger charge is 2.44. The highest BCUT2D eigenvalue weighted by molar-refractivity contribution is 6.06. The van der Waals surface area contributed by atoms with Crippen LogP contribution >= 0.6 is 0 Å². The molecule has 0 spiro atoms. The zero-order valence-corrected chi connectivity index (χ0v) is 18.5. The van der Waals surface area contributed by atoms with Gasteiger partial charge >= 0.3 is 0 Å². The second-order valence-electron chi connectivity index (χ2n) is 9.34. The molecule has 0 fully saturated rings. The SMILES string of the molecule is Cc1cccc(C2C3=C(C[C@H](c4ccco4)CC3=O)NC3=C2C(=O)C[C@@H](c2ccco2)C3)c1. The van der Waals surface area contributed by atoms with Gasteiger partial charge in [0.15, 0.2) is 11.6 Å². The smallest absolute Gasteiger partial charge is 0.162 e. The molecule has 6 rings (SSSR count). The first-order chi connectivity index (χ1) is 16.1. The van der Waals surface area contributed by atoms with Gasteiger partial charge in [0.25, 0.3) is 0 Å². The van der Waals surface area contributed by atoms with Crippen molar-refractivity contribution in [3.63, 3.8) is 0 Å². The van der Waals surface area contributed by atoms with Crippen molar-refractivity contribution in [3.8, 4) is 0 Å². The highest BCUT2D eigenvalue weighted by Crippen LogP contribution is 2.49. The van der Waals surface area contributed by atoms with Crippen LogP contribution in [0.4, 0.5) is 0 Å². The fourth-order valence-electron chi connectivity index (χ4n) is 5.73. The first-order valence-corrected chi connectivity index (χ1v) is 11.5. The van der Waals surface area contributed by atoms with E-state index in [9.17, 15) is 9.59 Å². The second kappa shape index (κ2) is 7.77. The summed E-state index contributed by atoms with van der Waals surface area (Å²) in [5.74, 6) is 1.51. The third-order valence-corrected chi connectivity index (χ3v) is 7.16. The molecular weight excluding hydrogens is 414 g/mol. The van der Waals surface area contributed by atoms with Crippen LogP contribution in [0.2, 0.25) is 0 Å². The van der Waals surface area contributed by atoms with E-state index >= 15 is 0 Å². The molecule has 1 N–H and O–H groups in total. The van der Waals surface area contributed by atoms with Crippen LogP contribution in [0.1, 0.15) is 66.1 Å². The first-order valence-electron chi connectivity index (χ1n) is 11.5. The molecule has 2 aliphatic carbocycles. The van der Waals surface area contributed by atoms with Crippen LogP contribution in [0.25, 0.3) is 0 Å². The minimum Gasteiger partial charge on any atom is -0.469 e. The predicted octanol–water partition coefficient (Wildman–Crippen LogP) is 5.67. The molecule has 166 valence electrons. The predicted molar refractivity (Wildman–Crippen MR) is 122 cm³/mol. The van der Waals surface area contributed by atoms with Crippen molar-refractivity contribution < 1.29 is 18.4 Å². The topological polar surface area (TPSA) is 72.5 Å². The van der Waals surface area contributed by atoms with Crippen LogP contribution in [0, 0.1) is 6.92 Å². The number of hydrogen-bond acceptors (Lipinski definition) is 5. The van der Waals surface area contributed by atoms with E-state index < -0.39 is 0 Å². The molecule has 2 atom stereocenters. The summed E-state index contributed by atoms with van der Waals surface area (Å²) in [6.45, 7) is 2.04. The van der Waals surface area contributed by atoms with Crippen LogP contribution in [-0.4, -0.2) is 11.6 Å². The van der Waals surface area contributed by atoms with E-state index in [2.05, 4.69) is 11.4 Å². The van der Waals surface area contributed by atoms with Gasteiger partial charge in [-0.3, -0.25) is 9.59 Å². The molecular formula is C28H25NO4. The average molecular weight is 440 g/mol. The molecule has 5 heteroatoms. The van der Waals surface area contributed by atoms with Gasteiger partial charge in [0.2, 0.25) is 0 Å². The third kappa shape index (κ3) is 3.39. The lowest BCUT2D eigenvalue weighted by atomic mass is 9.68. The number of nitrogens with one attached hydrogen (secondary N) is 1. The van der Waals surface area contributed by atoms with Gasteiger partial charge in [-0.1, -0.05) is 29.8 Å². The average Bonchev–Trinajstić information content (AvgIpc) is 3.52. The van der Waals surface area contributed by atoms with E-state index in [4.69, 9.17) is 8.83 Å². The van der Waals surface area contributed by atoms with E-state index in [1.54, 1.807) is 12.5 Å². The van der Waals surface area contributed by atoms with Gasteiger partial charge in [-0.2, -0.15) is 0 Å². The Kier molecular flexibility index (Phi) is 4.72. The normalized spacial score (nSPS) is 23.4. The maximum atomic E-state index is 13.5. The zero-order valence-electron chi connectivity index (χ0n) is 18.5. The second-order valence-corrected chi connectivity index (χ2v) is 9.34. The monoisotopic (exact) mass is 439 g/mol. The number of benzene rings is 1. The van der Waals surface area contributed by atoms with E-state index in [1.165, 1.54) is 0 Å². The number of carbonyl (C=O) groups is 2. The maximum absolute atomic E-state index is 13.5. The Balaban J connectivity index is 1.46. The van der Waals surface area contributed by atoms with Crippen molar-refractivity contribution in [2.45, 2.75) is 50.4 Å². The summed E-state index contributed by atoms with van der Waals surface area (Å²) in [7, 11) is 0. The number of allylic oxidation sites excluding steroid dienone is 4. The summed E-state index contributed by atoms with van der Waals surface area (Å²) in [5, 5.41) is 3.55. The Morgan fingerprint density at radius 1 is 0.758 bits per heavy atom. The number of furan rings is 2. The Labute approximate surface area is 192 Å². The minimum absolute atomic E-state index is 0.000720.